The van der Waals surface area contributed by atoms with Gasteiger partial charge >= 0.3 is 0 Å². The van der Waals surface area contributed by atoms with Crippen LogP contribution in [0, 0.1) is 0 Å². The lowest BCUT2D eigenvalue weighted by atomic mass is 10.1. The first-order valence-electron chi connectivity index (χ1n) is 6.86. The summed E-state index contributed by atoms with van der Waals surface area (Å²) in [6, 6.07) is 0.731. The zero-order valence-corrected chi connectivity index (χ0v) is 10.4. The fourth-order valence-corrected chi connectivity index (χ4v) is 2.02. The topological polar surface area (TPSA) is 29.3 Å². The van der Waals surface area contributed by atoms with Crippen LogP contribution in [0.3, 0.4) is 0 Å². The first kappa shape index (κ1) is 13.0. The Morgan fingerprint density at radius 1 is 0.933 bits per heavy atom. The van der Waals surface area contributed by atoms with Crippen LogP contribution >= 0.6 is 0 Å². The third kappa shape index (κ3) is 6.91. The normalized spacial score (nSPS) is 16.2. The lowest BCUT2D eigenvalue weighted by Gasteiger charge is -2.14. The summed E-state index contributed by atoms with van der Waals surface area (Å²) in [7, 11) is 0. The predicted octanol–water partition coefficient (Wildman–Crippen LogP) is 3.47. The molecule has 0 aromatic heterocycles. The second-order valence-corrected chi connectivity index (χ2v) is 4.94. The van der Waals surface area contributed by atoms with Crippen molar-refractivity contribution in [1.29, 1.82) is 0 Å². The van der Waals surface area contributed by atoms with Gasteiger partial charge in [-0.1, -0.05) is 51.9 Å². The van der Waals surface area contributed by atoms with Crippen LogP contribution in [-0.4, -0.2) is 17.6 Å². The Balaban J connectivity index is 1.72. The average Bonchev–Trinajstić information content (AvgIpc) is 3.05. The number of rotatable bonds is 10. The van der Waals surface area contributed by atoms with E-state index in [2.05, 4.69) is 11.9 Å². The molecular formula is C13H28N2. The Morgan fingerprint density at radius 2 is 1.47 bits per heavy atom. The molecule has 0 aliphatic heterocycles. The van der Waals surface area contributed by atoms with Crippen molar-refractivity contribution in [2.24, 2.45) is 5.84 Å². The van der Waals surface area contributed by atoms with E-state index in [0.717, 1.165) is 12.6 Å². The van der Waals surface area contributed by atoms with Crippen LogP contribution in [0.4, 0.5) is 0 Å². The SMILES string of the molecule is CCCCCCCCCCN(N)C1CC1. The summed E-state index contributed by atoms with van der Waals surface area (Å²) in [6.07, 6.45) is 13.8. The standard InChI is InChI=1S/C13H28N2/c1-2-3-4-5-6-7-8-9-12-15(14)13-10-11-13/h13H,2-12,14H2,1H3. The minimum Gasteiger partial charge on any atom is -0.269 e. The highest BCUT2D eigenvalue weighted by Gasteiger charge is 2.25. The van der Waals surface area contributed by atoms with Gasteiger partial charge in [0.05, 0.1) is 0 Å². The fraction of sp³-hybridized carbons (Fsp3) is 1.00. The van der Waals surface area contributed by atoms with E-state index in [1.165, 1.54) is 64.2 Å². The Kier molecular flexibility index (Phi) is 7.03. The van der Waals surface area contributed by atoms with Crippen molar-refractivity contribution in [3.05, 3.63) is 0 Å². The highest BCUT2D eigenvalue weighted by atomic mass is 15.4. The van der Waals surface area contributed by atoms with Crippen LogP contribution < -0.4 is 5.84 Å². The third-order valence-electron chi connectivity index (χ3n) is 3.29. The molecule has 1 aliphatic carbocycles. The summed E-state index contributed by atoms with van der Waals surface area (Å²) in [4.78, 5) is 0. The maximum atomic E-state index is 5.89. The van der Waals surface area contributed by atoms with Crippen molar-refractivity contribution >= 4 is 0 Å². The van der Waals surface area contributed by atoms with E-state index >= 15 is 0 Å². The number of nitrogens with two attached hydrogens (primary N) is 1. The van der Waals surface area contributed by atoms with Gasteiger partial charge < -0.3 is 0 Å². The van der Waals surface area contributed by atoms with Crippen molar-refractivity contribution < 1.29 is 0 Å². The van der Waals surface area contributed by atoms with Gasteiger partial charge in [-0.3, -0.25) is 5.84 Å². The van der Waals surface area contributed by atoms with Crippen LogP contribution in [0.2, 0.25) is 0 Å². The molecule has 2 heteroatoms. The monoisotopic (exact) mass is 212 g/mol. The molecule has 0 radical (unpaired) electrons. The van der Waals surface area contributed by atoms with Crippen molar-refractivity contribution in [3.63, 3.8) is 0 Å². The van der Waals surface area contributed by atoms with E-state index in [1.807, 2.05) is 0 Å². The number of hydrogen-bond acceptors (Lipinski definition) is 2. The van der Waals surface area contributed by atoms with Crippen LogP contribution in [0.1, 0.15) is 71.1 Å². The summed E-state index contributed by atoms with van der Waals surface area (Å²) >= 11 is 0. The molecule has 1 saturated carbocycles. The summed E-state index contributed by atoms with van der Waals surface area (Å²) < 4.78 is 0. The van der Waals surface area contributed by atoms with Gasteiger partial charge in [0.2, 0.25) is 0 Å². The molecule has 0 spiro atoms. The Morgan fingerprint density at radius 3 is 2.00 bits per heavy atom. The second kappa shape index (κ2) is 8.12. The zero-order chi connectivity index (χ0) is 10.9. The van der Waals surface area contributed by atoms with Gasteiger partial charge in [0, 0.05) is 12.6 Å². The molecule has 2 nitrogen and oxygen atoms in total. The molecule has 0 heterocycles. The first-order valence-corrected chi connectivity index (χ1v) is 6.86. The van der Waals surface area contributed by atoms with Gasteiger partial charge in [0.25, 0.3) is 0 Å². The van der Waals surface area contributed by atoms with E-state index in [0.29, 0.717) is 0 Å². The zero-order valence-electron chi connectivity index (χ0n) is 10.4. The number of hydrazine groups is 1. The second-order valence-electron chi connectivity index (χ2n) is 4.94. The highest BCUT2D eigenvalue weighted by Crippen LogP contribution is 2.24. The number of hydrogen-bond donors (Lipinski definition) is 1. The Labute approximate surface area is 95.2 Å². The van der Waals surface area contributed by atoms with Gasteiger partial charge in [-0.25, -0.2) is 5.01 Å². The molecule has 0 aromatic rings. The lowest BCUT2D eigenvalue weighted by molar-refractivity contribution is 0.265. The van der Waals surface area contributed by atoms with Gasteiger partial charge in [-0.2, -0.15) is 0 Å². The molecule has 0 bridgehead atoms. The van der Waals surface area contributed by atoms with E-state index in [1.54, 1.807) is 0 Å². The first-order chi connectivity index (χ1) is 7.34. The molecule has 1 aliphatic rings. The minimum atomic E-state index is 0.731. The van der Waals surface area contributed by atoms with E-state index in [4.69, 9.17) is 5.84 Å². The quantitative estimate of drug-likeness (QED) is 0.341. The summed E-state index contributed by atoms with van der Waals surface area (Å²) in [5, 5.41) is 2.05. The van der Waals surface area contributed by atoms with Crippen LogP contribution in [0.5, 0.6) is 0 Å². The molecule has 1 rings (SSSR count). The molecule has 0 atom stereocenters. The molecule has 0 amide bonds. The minimum absolute atomic E-state index is 0.731. The molecule has 0 unspecified atom stereocenters. The molecule has 2 N–H and O–H groups in total. The molecule has 90 valence electrons. The van der Waals surface area contributed by atoms with Crippen molar-refractivity contribution in [2.75, 3.05) is 6.54 Å². The smallest absolute Gasteiger partial charge is 0.0242 e. The van der Waals surface area contributed by atoms with Crippen LogP contribution in [0.15, 0.2) is 0 Å². The average molecular weight is 212 g/mol. The maximum absolute atomic E-state index is 5.89. The van der Waals surface area contributed by atoms with Gasteiger partial charge in [0.15, 0.2) is 0 Å². The fourth-order valence-electron chi connectivity index (χ4n) is 2.02. The van der Waals surface area contributed by atoms with E-state index in [-0.39, 0.29) is 0 Å². The van der Waals surface area contributed by atoms with Crippen molar-refractivity contribution in [3.8, 4) is 0 Å². The highest BCUT2D eigenvalue weighted by molar-refractivity contribution is 4.80. The third-order valence-corrected chi connectivity index (χ3v) is 3.29. The number of nitrogens with zero attached hydrogens (tertiary/aromatic N) is 1. The molecule has 0 aromatic carbocycles. The molecule has 0 saturated heterocycles. The number of unbranched alkanes of at least 4 members (excludes halogenated alkanes) is 7. The molecular weight excluding hydrogens is 184 g/mol. The van der Waals surface area contributed by atoms with Crippen molar-refractivity contribution in [2.45, 2.75) is 77.2 Å². The Hall–Kier alpha value is -0.0800. The van der Waals surface area contributed by atoms with Gasteiger partial charge in [0.1, 0.15) is 0 Å². The molecule has 1 fully saturated rings. The van der Waals surface area contributed by atoms with Crippen LogP contribution in [0.25, 0.3) is 0 Å². The van der Waals surface area contributed by atoms with Gasteiger partial charge in [-0.15, -0.1) is 0 Å². The van der Waals surface area contributed by atoms with E-state index in [9.17, 15) is 0 Å². The maximum Gasteiger partial charge on any atom is 0.0242 e. The van der Waals surface area contributed by atoms with Gasteiger partial charge in [-0.05, 0) is 19.3 Å². The largest absolute Gasteiger partial charge is 0.269 e. The van der Waals surface area contributed by atoms with Crippen molar-refractivity contribution in [1.82, 2.24) is 5.01 Å². The predicted molar refractivity (Wildman–Crippen MR) is 66.5 cm³/mol. The summed E-state index contributed by atoms with van der Waals surface area (Å²) in [5.74, 6) is 5.89. The van der Waals surface area contributed by atoms with E-state index < -0.39 is 0 Å². The lowest BCUT2D eigenvalue weighted by Crippen LogP contribution is -2.33. The Bertz CT molecular complexity index is 143. The summed E-state index contributed by atoms with van der Waals surface area (Å²) in [5.41, 5.74) is 0. The van der Waals surface area contributed by atoms with Crippen LogP contribution in [-0.2, 0) is 0 Å². The molecule has 15 heavy (non-hydrogen) atoms. The summed E-state index contributed by atoms with van der Waals surface area (Å²) in [6.45, 7) is 3.38.